The van der Waals surface area contributed by atoms with Crippen LogP contribution in [0.2, 0.25) is 0 Å². The van der Waals surface area contributed by atoms with Crippen molar-refractivity contribution in [3.05, 3.63) is 41.3 Å². The highest BCUT2D eigenvalue weighted by molar-refractivity contribution is 5.77. The van der Waals surface area contributed by atoms with Crippen molar-refractivity contribution in [2.45, 2.75) is 45.3 Å². The molecular formula is C24H32N2O5. The van der Waals surface area contributed by atoms with Gasteiger partial charge in [0.25, 0.3) is 0 Å². The summed E-state index contributed by atoms with van der Waals surface area (Å²) in [6.45, 7) is 5.30. The van der Waals surface area contributed by atoms with Crippen molar-refractivity contribution in [3.8, 4) is 17.2 Å². The summed E-state index contributed by atoms with van der Waals surface area (Å²) in [7, 11) is 4.81. The summed E-state index contributed by atoms with van der Waals surface area (Å²) in [6.07, 6.45) is 2.52. The third-order valence-electron chi connectivity index (χ3n) is 6.48. The number of carbonyl (C=O) groups excluding carboxylic acids is 1. The fraction of sp³-hybridized carbons (Fsp3) is 0.542. The van der Waals surface area contributed by atoms with E-state index in [4.69, 9.17) is 18.6 Å². The molecule has 0 unspecified atom stereocenters. The van der Waals surface area contributed by atoms with Crippen molar-refractivity contribution in [2.24, 2.45) is 5.92 Å². The largest absolute Gasteiger partial charge is 0.493 e. The summed E-state index contributed by atoms with van der Waals surface area (Å²) in [5, 5.41) is 0. The number of nitrogens with zero attached hydrogens (tertiary/aromatic N) is 2. The molecule has 0 N–H and O–H groups in total. The molecule has 7 heteroatoms. The normalized spacial score (nSPS) is 21.7. The minimum Gasteiger partial charge on any atom is -0.493 e. The Bertz CT molecular complexity index is 899. The lowest BCUT2D eigenvalue weighted by Gasteiger charge is -2.47. The van der Waals surface area contributed by atoms with Crippen LogP contribution in [0.3, 0.4) is 0 Å². The van der Waals surface area contributed by atoms with Crippen LogP contribution < -0.4 is 14.2 Å². The lowest BCUT2D eigenvalue weighted by molar-refractivity contribution is -0.142. The Morgan fingerprint density at radius 1 is 1.03 bits per heavy atom. The molecular weight excluding hydrogens is 396 g/mol. The summed E-state index contributed by atoms with van der Waals surface area (Å²) in [5.41, 5.74) is 0.983. The second-order valence-corrected chi connectivity index (χ2v) is 8.46. The number of methoxy groups -OCH3 is 3. The molecule has 2 atom stereocenters. The van der Waals surface area contributed by atoms with Crippen molar-refractivity contribution in [3.63, 3.8) is 0 Å². The maximum atomic E-state index is 12.9. The summed E-state index contributed by atoms with van der Waals surface area (Å²) >= 11 is 0. The van der Waals surface area contributed by atoms with Gasteiger partial charge in [-0.25, -0.2) is 0 Å². The third kappa shape index (κ3) is 4.51. The maximum absolute atomic E-state index is 12.9. The van der Waals surface area contributed by atoms with E-state index in [1.54, 1.807) is 21.3 Å². The first-order chi connectivity index (χ1) is 15.0. The van der Waals surface area contributed by atoms with Gasteiger partial charge in [0, 0.05) is 32.1 Å². The summed E-state index contributed by atoms with van der Waals surface area (Å²) in [5.74, 6) is 4.46. The molecule has 0 spiro atoms. The topological polar surface area (TPSA) is 64.4 Å². The zero-order valence-corrected chi connectivity index (χ0v) is 18.8. The van der Waals surface area contributed by atoms with Crippen molar-refractivity contribution in [2.75, 3.05) is 34.4 Å². The molecule has 3 heterocycles. The lowest BCUT2D eigenvalue weighted by Crippen LogP contribution is -2.55. The quantitative estimate of drug-likeness (QED) is 0.671. The van der Waals surface area contributed by atoms with E-state index >= 15 is 0 Å². The second-order valence-electron chi connectivity index (χ2n) is 8.46. The zero-order chi connectivity index (χ0) is 22.0. The highest BCUT2D eigenvalue weighted by Gasteiger charge is 2.39. The lowest BCUT2D eigenvalue weighted by atomic mass is 9.83. The number of likely N-dealkylation sites (tertiary alicyclic amines) is 2. The number of ether oxygens (including phenoxy) is 3. The molecule has 4 rings (SSSR count). The van der Waals surface area contributed by atoms with Crippen LogP contribution >= 0.6 is 0 Å². The number of carbonyl (C=O) groups is 1. The first kappa shape index (κ1) is 21.6. The fourth-order valence-corrected chi connectivity index (χ4v) is 4.99. The van der Waals surface area contributed by atoms with Crippen molar-refractivity contribution >= 4 is 5.91 Å². The maximum Gasteiger partial charge on any atom is 0.223 e. The molecule has 2 aliphatic heterocycles. The van der Waals surface area contributed by atoms with Gasteiger partial charge in [-0.15, -0.1) is 0 Å². The van der Waals surface area contributed by atoms with E-state index in [0.717, 1.165) is 49.6 Å². The Labute approximate surface area is 183 Å². The molecule has 168 valence electrons. The van der Waals surface area contributed by atoms with E-state index in [-0.39, 0.29) is 11.9 Å². The fourth-order valence-electron chi connectivity index (χ4n) is 4.99. The minimum absolute atomic E-state index is 0.227. The molecule has 0 radical (unpaired) electrons. The molecule has 0 aliphatic carbocycles. The van der Waals surface area contributed by atoms with Crippen LogP contribution in [-0.2, 0) is 17.9 Å². The van der Waals surface area contributed by atoms with Crippen LogP contribution in [-0.4, -0.2) is 56.2 Å². The van der Waals surface area contributed by atoms with Gasteiger partial charge >= 0.3 is 0 Å². The molecule has 1 aromatic heterocycles. The minimum atomic E-state index is 0.227. The zero-order valence-electron chi connectivity index (χ0n) is 18.8. The number of hydrogen-bond donors (Lipinski definition) is 0. The van der Waals surface area contributed by atoms with Crippen LogP contribution in [0.4, 0.5) is 0 Å². The summed E-state index contributed by atoms with van der Waals surface area (Å²) in [4.78, 5) is 17.4. The van der Waals surface area contributed by atoms with E-state index in [1.807, 2.05) is 25.1 Å². The van der Waals surface area contributed by atoms with Crippen LogP contribution in [0.1, 0.15) is 36.3 Å². The third-order valence-corrected chi connectivity index (χ3v) is 6.48. The van der Waals surface area contributed by atoms with E-state index in [9.17, 15) is 4.79 Å². The standard InChI is InChI=1S/C24H32N2O5/c1-16-5-7-19(31-16)15-25-10-9-20-18(14-25)6-8-23(27)26(20)13-17-11-21(28-2)24(30-4)22(12-17)29-3/h5,7,11-12,18,20H,6,8-10,13-15H2,1-4H3/t18-,20+/m1/s1. The Morgan fingerprint density at radius 3 is 2.39 bits per heavy atom. The van der Waals surface area contributed by atoms with Gasteiger partial charge in [-0.3, -0.25) is 9.69 Å². The van der Waals surface area contributed by atoms with Gasteiger partial charge < -0.3 is 23.5 Å². The Kier molecular flexibility index (Phi) is 6.41. The highest BCUT2D eigenvalue weighted by Crippen LogP contribution is 2.40. The number of hydrogen-bond acceptors (Lipinski definition) is 6. The molecule has 2 fully saturated rings. The number of furan rings is 1. The number of fused-ring (bicyclic) bond motifs is 1. The molecule has 1 amide bonds. The SMILES string of the molecule is COc1cc(CN2C(=O)CC[C@@H]3CN(Cc4ccc(C)o4)CC[C@@H]32)cc(OC)c1OC. The average Bonchev–Trinajstić information content (AvgIpc) is 3.19. The van der Waals surface area contributed by atoms with Gasteiger partial charge in [0.05, 0.1) is 27.9 Å². The average molecular weight is 429 g/mol. The first-order valence-electron chi connectivity index (χ1n) is 10.9. The van der Waals surface area contributed by atoms with Crippen molar-refractivity contribution < 1.29 is 23.4 Å². The Balaban J connectivity index is 1.48. The van der Waals surface area contributed by atoms with E-state index in [1.165, 1.54) is 0 Å². The number of aryl methyl sites for hydroxylation is 1. The molecule has 2 aliphatic rings. The number of amides is 1. The van der Waals surface area contributed by atoms with Crippen LogP contribution in [0.25, 0.3) is 0 Å². The molecule has 2 aromatic rings. The summed E-state index contributed by atoms with van der Waals surface area (Å²) in [6, 6.07) is 8.21. The van der Waals surface area contributed by atoms with Gasteiger partial charge in [-0.1, -0.05) is 0 Å². The predicted molar refractivity (Wildman–Crippen MR) is 116 cm³/mol. The van der Waals surface area contributed by atoms with Gasteiger partial charge in [0.1, 0.15) is 11.5 Å². The van der Waals surface area contributed by atoms with E-state index < -0.39 is 0 Å². The molecule has 0 bridgehead atoms. The summed E-state index contributed by atoms with van der Waals surface area (Å²) < 4.78 is 22.2. The molecule has 7 nitrogen and oxygen atoms in total. The van der Waals surface area contributed by atoms with Crippen molar-refractivity contribution in [1.29, 1.82) is 0 Å². The van der Waals surface area contributed by atoms with Gasteiger partial charge in [0.2, 0.25) is 11.7 Å². The van der Waals surface area contributed by atoms with Crippen LogP contribution in [0.5, 0.6) is 17.2 Å². The second kappa shape index (κ2) is 9.22. The molecule has 2 saturated heterocycles. The molecule has 31 heavy (non-hydrogen) atoms. The monoisotopic (exact) mass is 428 g/mol. The Hall–Kier alpha value is -2.67. The van der Waals surface area contributed by atoms with Crippen molar-refractivity contribution in [1.82, 2.24) is 9.80 Å². The number of benzene rings is 1. The predicted octanol–water partition coefficient (Wildman–Crippen LogP) is 3.63. The van der Waals surface area contributed by atoms with Gasteiger partial charge in [-0.2, -0.15) is 0 Å². The van der Waals surface area contributed by atoms with E-state index in [0.29, 0.717) is 36.1 Å². The smallest absolute Gasteiger partial charge is 0.223 e. The van der Waals surface area contributed by atoms with Gasteiger partial charge in [0.15, 0.2) is 11.5 Å². The molecule has 1 aromatic carbocycles. The van der Waals surface area contributed by atoms with E-state index in [2.05, 4.69) is 15.9 Å². The number of rotatable bonds is 7. The van der Waals surface area contributed by atoms with Crippen LogP contribution in [0.15, 0.2) is 28.7 Å². The Morgan fingerprint density at radius 2 is 1.77 bits per heavy atom. The molecule has 0 saturated carbocycles. The van der Waals surface area contributed by atoms with Gasteiger partial charge in [-0.05, 0) is 55.5 Å². The number of piperidine rings is 2. The highest BCUT2D eigenvalue weighted by atomic mass is 16.5. The first-order valence-corrected chi connectivity index (χ1v) is 10.9. The van der Waals surface area contributed by atoms with Crippen LogP contribution in [0, 0.1) is 12.8 Å².